The molecule has 2 heterocycles. The van der Waals surface area contributed by atoms with Gasteiger partial charge < -0.3 is 19.2 Å². The van der Waals surface area contributed by atoms with Crippen molar-refractivity contribution in [3.63, 3.8) is 0 Å². The highest BCUT2D eigenvalue weighted by atomic mass is 35.5. The lowest BCUT2D eigenvalue weighted by atomic mass is 9.68. The third kappa shape index (κ3) is 4.98. The Hall–Kier alpha value is -3.84. The summed E-state index contributed by atoms with van der Waals surface area (Å²) in [5.41, 5.74) is 1.78. The molecule has 0 fully saturated rings. The van der Waals surface area contributed by atoms with E-state index in [1.165, 1.54) is 12.3 Å². The number of fused-ring (bicyclic) bond motifs is 1. The molecule has 38 heavy (non-hydrogen) atoms. The fraction of sp³-hybridized carbons (Fsp3) is 0.300. The highest BCUT2D eigenvalue weighted by Crippen LogP contribution is 2.46. The number of esters is 1. The maximum absolute atomic E-state index is 13.7. The lowest BCUT2D eigenvalue weighted by molar-refractivity contribution is -0.140. The Labute approximate surface area is 225 Å². The Kier molecular flexibility index (Phi) is 6.88. The van der Waals surface area contributed by atoms with Gasteiger partial charge in [-0.3, -0.25) is 9.59 Å². The number of ketones is 1. The van der Waals surface area contributed by atoms with Crippen LogP contribution in [-0.2, 0) is 14.3 Å². The molecule has 1 atom stereocenters. The first-order valence-electron chi connectivity index (χ1n) is 12.4. The molecule has 2 aromatic carbocycles. The van der Waals surface area contributed by atoms with Gasteiger partial charge in [-0.1, -0.05) is 43.6 Å². The van der Waals surface area contributed by atoms with Gasteiger partial charge in [0.05, 0.1) is 23.1 Å². The van der Waals surface area contributed by atoms with E-state index in [1.54, 1.807) is 19.1 Å². The molecule has 0 amide bonds. The summed E-state index contributed by atoms with van der Waals surface area (Å²) < 4.78 is 17.0. The van der Waals surface area contributed by atoms with E-state index in [-0.39, 0.29) is 46.4 Å². The van der Waals surface area contributed by atoms with Crippen LogP contribution in [0.15, 0.2) is 86.5 Å². The molecule has 1 aliphatic carbocycles. The average Bonchev–Trinajstić information content (AvgIpc) is 2.86. The summed E-state index contributed by atoms with van der Waals surface area (Å²) in [5, 5.41) is 3.93. The van der Waals surface area contributed by atoms with Gasteiger partial charge in [-0.05, 0) is 49.1 Å². The zero-order valence-electron chi connectivity index (χ0n) is 21.4. The number of ether oxygens (including phenoxy) is 2. The molecule has 0 saturated carbocycles. The Morgan fingerprint density at radius 2 is 1.87 bits per heavy atom. The molecule has 2 aliphatic rings. The van der Waals surface area contributed by atoms with Crippen LogP contribution in [0.2, 0.25) is 5.02 Å². The van der Waals surface area contributed by atoms with E-state index in [1.807, 2.05) is 44.2 Å². The fourth-order valence-electron chi connectivity index (χ4n) is 5.22. The van der Waals surface area contributed by atoms with Gasteiger partial charge in [-0.2, -0.15) is 0 Å². The maximum atomic E-state index is 13.7. The van der Waals surface area contributed by atoms with Crippen LogP contribution < -0.4 is 15.5 Å². The van der Waals surface area contributed by atoms with Crippen molar-refractivity contribution in [2.24, 2.45) is 5.41 Å². The number of carbonyl (C=O) groups excluding carboxylic acids is 2. The highest BCUT2D eigenvalue weighted by molar-refractivity contribution is 6.31. The molecule has 0 saturated heterocycles. The molecule has 0 spiro atoms. The first-order chi connectivity index (χ1) is 18.1. The summed E-state index contributed by atoms with van der Waals surface area (Å²) >= 11 is 6.16. The van der Waals surface area contributed by atoms with Crippen LogP contribution in [0.4, 0.5) is 0 Å². The first-order valence-corrected chi connectivity index (χ1v) is 12.8. The SMILES string of the molecule is CC1=C(C(=O)OCCOc2ccccc2)[C@H](c2coc3ccc(Cl)cc3c2=O)C2=C(CC(C)(C)CC2=O)N1. The van der Waals surface area contributed by atoms with Crippen molar-refractivity contribution in [1.29, 1.82) is 0 Å². The number of dihydropyridines is 1. The van der Waals surface area contributed by atoms with E-state index in [2.05, 4.69) is 5.32 Å². The van der Waals surface area contributed by atoms with Crippen LogP contribution in [0.1, 0.15) is 45.1 Å². The summed E-state index contributed by atoms with van der Waals surface area (Å²) in [6, 6.07) is 14.0. The van der Waals surface area contributed by atoms with Gasteiger partial charge in [-0.15, -0.1) is 0 Å². The minimum atomic E-state index is -0.933. The Morgan fingerprint density at radius 1 is 1.11 bits per heavy atom. The topological polar surface area (TPSA) is 94.8 Å². The van der Waals surface area contributed by atoms with Crippen molar-refractivity contribution < 1.29 is 23.5 Å². The predicted octanol–water partition coefficient (Wildman–Crippen LogP) is 5.67. The van der Waals surface area contributed by atoms with Gasteiger partial charge in [-0.25, -0.2) is 4.79 Å². The quantitative estimate of drug-likeness (QED) is 0.322. The number of halogens is 1. The number of Topliss-reactive ketones (excluding diaryl/α,β-unsaturated/α-hetero) is 1. The summed E-state index contributed by atoms with van der Waals surface area (Å²) in [5.74, 6) is -1.03. The van der Waals surface area contributed by atoms with Crippen LogP contribution in [0.3, 0.4) is 0 Å². The van der Waals surface area contributed by atoms with E-state index in [4.69, 9.17) is 25.5 Å². The monoisotopic (exact) mass is 533 g/mol. The summed E-state index contributed by atoms with van der Waals surface area (Å²) in [6.07, 6.45) is 2.23. The minimum absolute atomic E-state index is 0.00789. The summed E-state index contributed by atoms with van der Waals surface area (Å²) in [4.78, 5) is 40.7. The van der Waals surface area contributed by atoms with Crippen LogP contribution >= 0.6 is 11.6 Å². The molecule has 0 unspecified atom stereocenters. The highest BCUT2D eigenvalue weighted by Gasteiger charge is 2.44. The molecule has 1 aromatic heterocycles. The number of benzene rings is 2. The molecule has 5 rings (SSSR count). The number of hydrogen-bond donors (Lipinski definition) is 1. The van der Waals surface area contributed by atoms with Gasteiger partial charge in [0, 0.05) is 34.0 Å². The van der Waals surface area contributed by atoms with Crippen LogP contribution in [0, 0.1) is 5.41 Å². The van der Waals surface area contributed by atoms with Crippen molar-refractivity contribution in [2.45, 2.75) is 39.5 Å². The van der Waals surface area contributed by atoms with Crippen molar-refractivity contribution in [2.75, 3.05) is 13.2 Å². The molecule has 8 heteroatoms. The number of nitrogens with one attached hydrogen (secondary N) is 1. The van der Waals surface area contributed by atoms with E-state index < -0.39 is 11.9 Å². The van der Waals surface area contributed by atoms with E-state index in [0.29, 0.717) is 46.2 Å². The molecule has 0 bridgehead atoms. The molecule has 7 nitrogen and oxygen atoms in total. The number of carbonyl (C=O) groups is 2. The number of hydrogen-bond acceptors (Lipinski definition) is 7. The third-order valence-electron chi connectivity index (χ3n) is 6.86. The van der Waals surface area contributed by atoms with E-state index in [9.17, 15) is 14.4 Å². The first kappa shape index (κ1) is 25.8. The van der Waals surface area contributed by atoms with Crippen molar-refractivity contribution in [1.82, 2.24) is 5.32 Å². The van der Waals surface area contributed by atoms with Gasteiger partial charge in [0.2, 0.25) is 0 Å². The van der Waals surface area contributed by atoms with Gasteiger partial charge >= 0.3 is 5.97 Å². The van der Waals surface area contributed by atoms with Crippen molar-refractivity contribution in [3.8, 4) is 5.75 Å². The van der Waals surface area contributed by atoms with Gasteiger partial charge in [0.1, 0.15) is 24.5 Å². The predicted molar refractivity (Wildman–Crippen MR) is 144 cm³/mol. The summed E-state index contributed by atoms with van der Waals surface area (Å²) in [7, 11) is 0. The number of allylic oxidation sites excluding steroid dienone is 3. The molecule has 0 radical (unpaired) electrons. The Bertz CT molecular complexity index is 1550. The Balaban J connectivity index is 1.53. The van der Waals surface area contributed by atoms with Crippen molar-refractivity contribution in [3.05, 3.63) is 98.1 Å². The normalized spacial score (nSPS) is 18.7. The van der Waals surface area contributed by atoms with E-state index in [0.717, 1.165) is 0 Å². The second kappa shape index (κ2) is 10.1. The second-order valence-electron chi connectivity index (χ2n) is 10.4. The molecule has 196 valence electrons. The van der Waals surface area contributed by atoms with Crippen LogP contribution in [0.25, 0.3) is 11.0 Å². The second-order valence-corrected chi connectivity index (χ2v) is 10.8. The smallest absolute Gasteiger partial charge is 0.336 e. The van der Waals surface area contributed by atoms with E-state index >= 15 is 0 Å². The zero-order valence-corrected chi connectivity index (χ0v) is 22.2. The Morgan fingerprint density at radius 3 is 2.63 bits per heavy atom. The lowest BCUT2D eigenvalue weighted by Crippen LogP contribution is -2.40. The average molecular weight is 534 g/mol. The van der Waals surface area contributed by atoms with Crippen LogP contribution in [0.5, 0.6) is 5.75 Å². The number of para-hydroxylation sites is 1. The molecule has 1 N–H and O–H groups in total. The third-order valence-corrected chi connectivity index (χ3v) is 7.10. The maximum Gasteiger partial charge on any atom is 0.336 e. The molecular weight excluding hydrogens is 506 g/mol. The van der Waals surface area contributed by atoms with Crippen molar-refractivity contribution >= 4 is 34.3 Å². The van der Waals surface area contributed by atoms with Gasteiger partial charge in [0.25, 0.3) is 0 Å². The van der Waals surface area contributed by atoms with Crippen LogP contribution in [-0.4, -0.2) is 25.0 Å². The minimum Gasteiger partial charge on any atom is -0.490 e. The summed E-state index contributed by atoms with van der Waals surface area (Å²) in [6.45, 7) is 5.93. The fourth-order valence-corrected chi connectivity index (χ4v) is 5.40. The number of rotatable bonds is 6. The lowest BCUT2D eigenvalue weighted by Gasteiger charge is -2.39. The largest absolute Gasteiger partial charge is 0.490 e. The zero-order chi connectivity index (χ0) is 27.0. The molecule has 3 aromatic rings. The molecular formula is C30H28ClNO6. The van der Waals surface area contributed by atoms with Gasteiger partial charge in [0.15, 0.2) is 11.2 Å². The molecule has 1 aliphatic heterocycles. The standard InChI is InChI=1S/C30H28ClNO6/c1-17-25(29(35)37-12-11-36-19-7-5-4-6-8-19)26(27-22(32-17)14-30(2,3)15-23(27)33)21-16-38-24-10-9-18(31)13-20(24)28(21)34/h4-10,13,16,26,32H,11-12,14-15H2,1-3H3/t26-/m0/s1.